The van der Waals surface area contributed by atoms with Gasteiger partial charge in [-0.1, -0.05) is 12.8 Å². The predicted octanol–water partition coefficient (Wildman–Crippen LogP) is 2.11. The number of carbonyl (C=O) groups excluding carboxylic acids is 1. The summed E-state index contributed by atoms with van der Waals surface area (Å²) >= 11 is 0. The van der Waals surface area contributed by atoms with Crippen LogP contribution in [0, 0.1) is 11.8 Å². The highest BCUT2D eigenvalue weighted by atomic mass is 16.5. The fourth-order valence-corrected chi connectivity index (χ4v) is 2.61. The molecule has 0 bridgehead atoms. The van der Waals surface area contributed by atoms with E-state index >= 15 is 0 Å². The molecule has 2 saturated carbocycles. The van der Waals surface area contributed by atoms with Gasteiger partial charge in [-0.25, -0.2) is 0 Å². The molecule has 0 aromatic carbocycles. The number of carbonyl (C=O) groups is 1. The van der Waals surface area contributed by atoms with Crippen molar-refractivity contribution in [3.63, 3.8) is 0 Å². The van der Waals surface area contributed by atoms with Crippen molar-refractivity contribution in [1.29, 1.82) is 0 Å². The first-order valence-electron chi connectivity index (χ1n) is 6.71. The minimum Gasteiger partial charge on any atom is -0.466 e. The van der Waals surface area contributed by atoms with Crippen LogP contribution in [0.3, 0.4) is 0 Å². The average Bonchev–Trinajstić information content (AvgIpc) is 2.95. The summed E-state index contributed by atoms with van der Waals surface area (Å²) in [5, 5.41) is 3.54. The summed E-state index contributed by atoms with van der Waals surface area (Å²) in [5.74, 6) is 0.712. The largest absolute Gasteiger partial charge is 0.466 e. The third-order valence-corrected chi connectivity index (χ3v) is 3.76. The predicted molar refractivity (Wildman–Crippen MR) is 63.1 cm³/mol. The monoisotopic (exact) mass is 225 g/mol. The first kappa shape index (κ1) is 11.9. The fraction of sp³-hybridized carbons (Fsp3) is 0.923. The molecule has 2 rings (SSSR count). The molecule has 0 aromatic heterocycles. The Morgan fingerprint density at radius 3 is 2.56 bits per heavy atom. The maximum atomic E-state index is 11.8. The quantitative estimate of drug-likeness (QED) is 0.704. The molecule has 0 amide bonds. The summed E-state index contributed by atoms with van der Waals surface area (Å²) in [5.41, 5.74) is 0. The summed E-state index contributed by atoms with van der Waals surface area (Å²) in [6.45, 7) is 3.21. The van der Waals surface area contributed by atoms with Gasteiger partial charge in [0.05, 0.1) is 12.5 Å². The summed E-state index contributed by atoms with van der Waals surface area (Å²) < 4.78 is 5.14. The molecule has 0 saturated heterocycles. The molecule has 1 unspecified atom stereocenters. The molecule has 0 radical (unpaired) electrons. The first-order chi connectivity index (χ1) is 7.81. The van der Waals surface area contributed by atoms with Crippen molar-refractivity contribution in [2.45, 2.75) is 51.5 Å². The Bertz CT molecular complexity index is 232. The topological polar surface area (TPSA) is 38.3 Å². The normalized spacial score (nSPS) is 23.3. The first-order valence-corrected chi connectivity index (χ1v) is 6.71. The van der Waals surface area contributed by atoms with Crippen molar-refractivity contribution in [2.24, 2.45) is 11.8 Å². The van der Waals surface area contributed by atoms with Crippen LogP contribution in [-0.2, 0) is 9.53 Å². The molecule has 2 fully saturated rings. The van der Waals surface area contributed by atoms with Gasteiger partial charge in [-0.15, -0.1) is 0 Å². The van der Waals surface area contributed by atoms with E-state index in [2.05, 4.69) is 5.32 Å². The van der Waals surface area contributed by atoms with Crippen LogP contribution in [0.5, 0.6) is 0 Å². The Labute approximate surface area is 97.9 Å². The van der Waals surface area contributed by atoms with E-state index in [1.165, 1.54) is 38.5 Å². The molecule has 2 aliphatic carbocycles. The number of rotatable bonds is 6. The molecule has 3 heteroatoms. The lowest BCUT2D eigenvalue weighted by atomic mass is 10.0. The maximum Gasteiger partial charge on any atom is 0.310 e. The maximum absolute atomic E-state index is 11.8. The zero-order valence-corrected chi connectivity index (χ0v) is 10.2. The van der Waals surface area contributed by atoms with E-state index in [-0.39, 0.29) is 11.9 Å². The fourth-order valence-electron chi connectivity index (χ4n) is 2.61. The zero-order valence-electron chi connectivity index (χ0n) is 10.2. The average molecular weight is 225 g/mol. The minimum absolute atomic E-state index is 0.00972. The lowest BCUT2D eigenvalue weighted by Gasteiger charge is -2.18. The van der Waals surface area contributed by atoms with Crippen LogP contribution in [0.1, 0.15) is 45.4 Å². The van der Waals surface area contributed by atoms with Crippen molar-refractivity contribution in [2.75, 3.05) is 13.2 Å². The molecule has 3 nitrogen and oxygen atoms in total. The van der Waals surface area contributed by atoms with Crippen molar-refractivity contribution in [1.82, 2.24) is 5.32 Å². The number of esters is 1. The van der Waals surface area contributed by atoms with Crippen LogP contribution in [0.2, 0.25) is 0 Å². The van der Waals surface area contributed by atoms with E-state index in [9.17, 15) is 4.79 Å². The molecule has 2 aliphatic rings. The third-order valence-electron chi connectivity index (χ3n) is 3.76. The van der Waals surface area contributed by atoms with Crippen molar-refractivity contribution in [3.8, 4) is 0 Å². The SMILES string of the molecule is CCOC(=O)C(CNC1CCCC1)C1CC1. The number of nitrogens with one attached hydrogen (secondary N) is 1. The summed E-state index contributed by atoms with van der Waals surface area (Å²) in [4.78, 5) is 11.8. The van der Waals surface area contributed by atoms with E-state index < -0.39 is 0 Å². The van der Waals surface area contributed by atoms with Crippen molar-refractivity contribution in [3.05, 3.63) is 0 Å². The Hall–Kier alpha value is -0.570. The van der Waals surface area contributed by atoms with E-state index in [1.807, 2.05) is 6.92 Å². The molecule has 16 heavy (non-hydrogen) atoms. The van der Waals surface area contributed by atoms with Gasteiger partial charge in [0.2, 0.25) is 0 Å². The lowest BCUT2D eigenvalue weighted by molar-refractivity contribution is -0.148. The Morgan fingerprint density at radius 2 is 2.00 bits per heavy atom. The van der Waals surface area contributed by atoms with Crippen LogP contribution >= 0.6 is 0 Å². The van der Waals surface area contributed by atoms with Gasteiger partial charge in [0.25, 0.3) is 0 Å². The summed E-state index contributed by atoms with van der Waals surface area (Å²) in [6, 6.07) is 0.649. The Balaban J connectivity index is 1.75. The van der Waals surface area contributed by atoms with Crippen LogP contribution in [0.4, 0.5) is 0 Å². The second-order valence-corrected chi connectivity index (χ2v) is 5.09. The second kappa shape index (κ2) is 5.67. The third kappa shape index (κ3) is 3.21. The standard InChI is InChI=1S/C13H23NO2/c1-2-16-13(15)12(10-7-8-10)9-14-11-5-3-4-6-11/h10-12,14H,2-9H2,1H3. The highest BCUT2D eigenvalue weighted by Gasteiger charge is 2.37. The van der Waals surface area contributed by atoms with Crippen LogP contribution < -0.4 is 5.32 Å². The van der Waals surface area contributed by atoms with Gasteiger partial charge in [0, 0.05) is 12.6 Å². The van der Waals surface area contributed by atoms with Gasteiger partial charge in [0.1, 0.15) is 0 Å². The van der Waals surface area contributed by atoms with E-state index in [1.54, 1.807) is 0 Å². The van der Waals surface area contributed by atoms with Gasteiger partial charge in [-0.2, -0.15) is 0 Å². The molecule has 0 spiro atoms. The van der Waals surface area contributed by atoms with E-state index in [0.717, 1.165) is 6.54 Å². The molecule has 0 aromatic rings. The highest BCUT2D eigenvalue weighted by molar-refractivity contribution is 5.73. The number of ether oxygens (including phenoxy) is 1. The minimum atomic E-state index is 0.00972. The molecule has 0 heterocycles. The van der Waals surface area contributed by atoms with Crippen LogP contribution in [0.25, 0.3) is 0 Å². The molecule has 92 valence electrons. The zero-order chi connectivity index (χ0) is 11.4. The smallest absolute Gasteiger partial charge is 0.310 e. The second-order valence-electron chi connectivity index (χ2n) is 5.09. The molecule has 1 N–H and O–H groups in total. The van der Waals surface area contributed by atoms with Gasteiger partial charge in [0.15, 0.2) is 0 Å². The summed E-state index contributed by atoms with van der Waals surface area (Å²) in [7, 11) is 0. The number of hydrogen-bond acceptors (Lipinski definition) is 3. The van der Waals surface area contributed by atoms with Crippen molar-refractivity contribution < 1.29 is 9.53 Å². The van der Waals surface area contributed by atoms with Crippen LogP contribution in [-0.4, -0.2) is 25.2 Å². The van der Waals surface area contributed by atoms with Gasteiger partial charge >= 0.3 is 5.97 Å². The van der Waals surface area contributed by atoms with Crippen molar-refractivity contribution >= 4 is 5.97 Å². The Morgan fingerprint density at radius 1 is 1.31 bits per heavy atom. The molecular formula is C13H23NO2. The molecule has 0 aliphatic heterocycles. The van der Waals surface area contributed by atoms with E-state index in [0.29, 0.717) is 18.6 Å². The summed E-state index contributed by atoms with van der Waals surface area (Å²) in [6.07, 6.45) is 7.64. The number of hydrogen-bond donors (Lipinski definition) is 1. The highest BCUT2D eigenvalue weighted by Crippen LogP contribution is 2.37. The van der Waals surface area contributed by atoms with Gasteiger partial charge < -0.3 is 10.1 Å². The van der Waals surface area contributed by atoms with E-state index in [4.69, 9.17) is 4.74 Å². The van der Waals surface area contributed by atoms with Gasteiger partial charge in [-0.3, -0.25) is 4.79 Å². The van der Waals surface area contributed by atoms with Gasteiger partial charge in [-0.05, 0) is 38.5 Å². The molecular weight excluding hydrogens is 202 g/mol. The Kier molecular flexibility index (Phi) is 4.22. The molecule has 1 atom stereocenters. The lowest BCUT2D eigenvalue weighted by Crippen LogP contribution is -2.36. The van der Waals surface area contributed by atoms with Crippen LogP contribution in [0.15, 0.2) is 0 Å².